The number of hydrogen-bond acceptors (Lipinski definition) is 5. The Morgan fingerprint density at radius 3 is 2.46 bits per heavy atom. The summed E-state index contributed by atoms with van der Waals surface area (Å²) in [5.74, 6) is -1.16. The number of rotatable bonds is 5. The van der Waals surface area contributed by atoms with Gasteiger partial charge in [-0.2, -0.15) is 4.31 Å². The number of carbonyl (C=O) groups excluding carboxylic acids is 2. The monoisotopic (exact) mass is 354 g/mol. The first-order valence-electron chi connectivity index (χ1n) is 7.93. The number of nitrogens with zero attached hydrogens (tertiary/aromatic N) is 1. The molecule has 1 aromatic rings. The predicted molar refractivity (Wildman–Crippen MR) is 88.0 cm³/mol. The van der Waals surface area contributed by atoms with Crippen molar-refractivity contribution in [2.45, 2.75) is 30.6 Å². The molecule has 0 radical (unpaired) electrons. The van der Waals surface area contributed by atoms with Crippen molar-refractivity contribution in [2.24, 2.45) is 0 Å². The van der Waals surface area contributed by atoms with E-state index in [0.29, 0.717) is 13.1 Å². The summed E-state index contributed by atoms with van der Waals surface area (Å²) in [4.78, 5) is 23.2. The van der Waals surface area contributed by atoms with Crippen LogP contribution in [-0.2, 0) is 19.6 Å². The number of esters is 1. The quantitative estimate of drug-likeness (QED) is 0.801. The zero-order valence-corrected chi connectivity index (χ0v) is 14.5. The van der Waals surface area contributed by atoms with E-state index >= 15 is 0 Å². The SMILES string of the molecule is CNC(=O)COC(=O)c1cccc(S(=O)(=O)N2CCCCCC2)c1. The first-order valence-corrected chi connectivity index (χ1v) is 9.37. The molecule has 1 aliphatic heterocycles. The number of ether oxygens (including phenoxy) is 1. The molecular weight excluding hydrogens is 332 g/mol. The third kappa shape index (κ3) is 4.55. The van der Waals surface area contributed by atoms with Crippen LogP contribution in [0, 0.1) is 0 Å². The van der Waals surface area contributed by atoms with Crippen molar-refractivity contribution in [3.05, 3.63) is 29.8 Å². The Morgan fingerprint density at radius 2 is 1.83 bits per heavy atom. The Labute approximate surface area is 142 Å². The third-order valence-electron chi connectivity index (χ3n) is 3.89. The van der Waals surface area contributed by atoms with Gasteiger partial charge in [-0.05, 0) is 31.0 Å². The summed E-state index contributed by atoms with van der Waals surface area (Å²) in [7, 11) is -2.20. The van der Waals surface area contributed by atoms with E-state index < -0.39 is 28.5 Å². The minimum absolute atomic E-state index is 0.0683. The molecule has 2 rings (SSSR count). The number of sulfonamides is 1. The second-order valence-corrected chi connectivity index (χ2v) is 7.53. The molecule has 1 amide bonds. The van der Waals surface area contributed by atoms with E-state index in [0.717, 1.165) is 25.7 Å². The lowest BCUT2D eigenvalue weighted by molar-refractivity contribution is -0.123. The Bertz CT molecular complexity index is 694. The molecule has 0 bridgehead atoms. The van der Waals surface area contributed by atoms with Crippen LogP contribution in [0.2, 0.25) is 0 Å². The van der Waals surface area contributed by atoms with Gasteiger partial charge >= 0.3 is 5.97 Å². The van der Waals surface area contributed by atoms with Gasteiger partial charge in [-0.1, -0.05) is 18.9 Å². The molecule has 1 aliphatic rings. The molecule has 132 valence electrons. The van der Waals surface area contributed by atoms with E-state index in [9.17, 15) is 18.0 Å². The molecule has 1 saturated heterocycles. The molecular formula is C16H22N2O5S. The lowest BCUT2D eigenvalue weighted by Crippen LogP contribution is -2.32. The van der Waals surface area contributed by atoms with Gasteiger partial charge in [0.05, 0.1) is 10.5 Å². The van der Waals surface area contributed by atoms with Gasteiger partial charge in [-0.3, -0.25) is 4.79 Å². The van der Waals surface area contributed by atoms with Gasteiger partial charge < -0.3 is 10.1 Å². The van der Waals surface area contributed by atoms with E-state index in [1.807, 2.05) is 0 Å². The highest BCUT2D eigenvalue weighted by atomic mass is 32.2. The van der Waals surface area contributed by atoms with Crippen molar-refractivity contribution < 1.29 is 22.7 Å². The normalized spacial score (nSPS) is 16.2. The van der Waals surface area contributed by atoms with Crippen LogP contribution in [0.3, 0.4) is 0 Å². The van der Waals surface area contributed by atoms with Gasteiger partial charge in [0.15, 0.2) is 6.61 Å². The van der Waals surface area contributed by atoms with E-state index in [4.69, 9.17) is 4.74 Å². The van der Waals surface area contributed by atoms with Gasteiger partial charge in [0.25, 0.3) is 5.91 Å². The van der Waals surface area contributed by atoms with Crippen LogP contribution >= 0.6 is 0 Å². The smallest absolute Gasteiger partial charge is 0.338 e. The second kappa shape index (κ2) is 8.25. The molecule has 0 aliphatic carbocycles. The van der Waals surface area contributed by atoms with Crippen molar-refractivity contribution in [3.8, 4) is 0 Å². The Balaban J connectivity index is 2.16. The van der Waals surface area contributed by atoms with Crippen molar-refractivity contribution in [1.29, 1.82) is 0 Å². The van der Waals surface area contributed by atoms with E-state index in [1.165, 1.54) is 35.6 Å². The summed E-state index contributed by atoms with van der Waals surface area (Å²) < 4.78 is 31.8. The van der Waals surface area contributed by atoms with E-state index in [1.54, 1.807) is 0 Å². The summed E-state index contributed by atoms with van der Waals surface area (Å²) in [5, 5.41) is 2.34. The van der Waals surface area contributed by atoms with Gasteiger partial charge in [0.1, 0.15) is 0 Å². The molecule has 1 N–H and O–H groups in total. The van der Waals surface area contributed by atoms with Crippen LogP contribution in [0.1, 0.15) is 36.0 Å². The Hall–Kier alpha value is -1.93. The largest absolute Gasteiger partial charge is 0.452 e. The van der Waals surface area contributed by atoms with E-state index in [-0.39, 0.29) is 10.5 Å². The first kappa shape index (κ1) is 18.4. The average molecular weight is 354 g/mol. The summed E-state index contributed by atoms with van der Waals surface area (Å²) in [5.41, 5.74) is 0.106. The third-order valence-corrected chi connectivity index (χ3v) is 5.78. The fourth-order valence-electron chi connectivity index (χ4n) is 2.50. The van der Waals surface area contributed by atoms with Crippen LogP contribution in [0.5, 0.6) is 0 Å². The van der Waals surface area contributed by atoms with Crippen LogP contribution < -0.4 is 5.32 Å². The highest BCUT2D eigenvalue weighted by molar-refractivity contribution is 7.89. The van der Waals surface area contributed by atoms with Crippen LogP contribution in [-0.4, -0.2) is 51.3 Å². The molecule has 1 heterocycles. The number of carbonyl (C=O) groups is 2. The Morgan fingerprint density at radius 1 is 1.17 bits per heavy atom. The maximum absolute atomic E-state index is 12.7. The molecule has 0 atom stereocenters. The molecule has 1 fully saturated rings. The molecule has 7 nitrogen and oxygen atoms in total. The molecule has 8 heteroatoms. The van der Waals surface area contributed by atoms with Crippen molar-refractivity contribution in [3.63, 3.8) is 0 Å². The topological polar surface area (TPSA) is 92.8 Å². The number of amides is 1. The summed E-state index contributed by atoms with van der Waals surface area (Å²) in [6, 6.07) is 5.73. The highest BCUT2D eigenvalue weighted by Crippen LogP contribution is 2.21. The minimum Gasteiger partial charge on any atom is -0.452 e. The molecule has 0 spiro atoms. The minimum atomic E-state index is -3.63. The summed E-state index contributed by atoms with van der Waals surface area (Å²) in [6.45, 7) is 0.583. The van der Waals surface area contributed by atoms with Gasteiger partial charge in [0, 0.05) is 20.1 Å². The number of likely N-dealkylation sites (N-methyl/N-ethyl adjacent to an activating group) is 1. The second-order valence-electron chi connectivity index (χ2n) is 5.60. The maximum atomic E-state index is 12.7. The van der Waals surface area contributed by atoms with Crippen molar-refractivity contribution >= 4 is 21.9 Å². The van der Waals surface area contributed by atoms with Crippen LogP contribution in [0.4, 0.5) is 0 Å². The molecule has 24 heavy (non-hydrogen) atoms. The fraction of sp³-hybridized carbons (Fsp3) is 0.500. The first-order chi connectivity index (χ1) is 11.4. The zero-order valence-electron chi connectivity index (χ0n) is 13.7. The highest BCUT2D eigenvalue weighted by Gasteiger charge is 2.26. The summed E-state index contributed by atoms with van der Waals surface area (Å²) in [6.07, 6.45) is 3.73. The number of benzene rings is 1. The van der Waals surface area contributed by atoms with Crippen LogP contribution in [0.15, 0.2) is 29.2 Å². The molecule has 0 unspecified atom stereocenters. The molecule has 0 saturated carbocycles. The van der Waals surface area contributed by atoms with Crippen molar-refractivity contribution in [2.75, 3.05) is 26.7 Å². The number of hydrogen-bond donors (Lipinski definition) is 1. The lowest BCUT2D eigenvalue weighted by Gasteiger charge is -2.20. The van der Waals surface area contributed by atoms with Gasteiger partial charge in [-0.25, -0.2) is 13.2 Å². The zero-order chi connectivity index (χ0) is 17.6. The van der Waals surface area contributed by atoms with Gasteiger partial charge in [-0.15, -0.1) is 0 Å². The number of nitrogens with one attached hydrogen (secondary N) is 1. The molecule has 1 aromatic carbocycles. The molecule has 0 aromatic heterocycles. The van der Waals surface area contributed by atoms with Crippen LogP contribution in [0.25, 0.3) is 0 Å². The van der Waals surface area contributed by atoms with E-state index in [2.05, 4.69) is 5.32 Å². The average Bonchev–Trinajstić information content (AvgIpc) is 2.89. The summed E-state index contributed by atoms with van der Waals surface area (Å²) >= 11 is 0. The Kier molecular flexibility index (Phi) is 6.33. The fourth-order valence-corrected chi connectivity index (χ4v) is 4.06. The standard InChI is InChI=1S/C16H22N2O5S/c1-17-15(19)12-23-16(20)13-7-6-8-14(11-13)24(21,22)18-9-4-2-3-5-10-18/h6-8,11H,2-5,9-10,12H2,1H3,(H,17,19). The predicted octanol–water partition coefficient (Wildman–Crippen LogP) is 1.15. The maximum Gasteiger partial charge on any atom is 0.338 e. The van der Waals surface area contributed by atoms with Crippen molar-refractivity contribution in [1.82, 2.24) is 9.62 Å². The van der Waals surface area contributed by atoms with Gasteiger partial charge in [0.2, 0.25) is 10.0 Å². The lowest BCUT2D eigenvalue weighted by atomic mass is 10.2.